The van der Waals surface area contributed by atoms with Gasteiger partial charge in [-0.05, 0) is 24.6 Å². The molecule has 0 aliphatic heterocycles. The molecule has 0 bridgehead atoms. The van der Waals surface area contributed by atoms with Gasteiger partial charge in [-0.25, -0.2) is 0 Å². The summed E-state index contributed by atoms with van der Waals surface area (Å²) >= 11 is 0. The Balaban J connectivity index is 2.68. The predicted molar refractivity (Wildman–Crippen MR) is 57.2 cm³/mol. The van der Waals surface area contributed by atoms with Gasteiger partial charge in [0.1, 0.15) is 5.69 Å². The molecule has 2 rings (SSSR count). The number of para-hydroxylation sites is 1. The first kappa shape index (κ1) is 9.45. The molecule has 0 aliphatic carbocycles. The largest absolute Gasteiger partial charge is 0.318 e. The van der Waals surface area contributed by atoms with Crippen LogP contribution < -0.4 is 0 Å². The minimum Gasteiger partial charge on any atom is -0.318 e. The second-order valence-electron chi connectivity index (χ2n) is 3.29. The molecule has 0 aliphatic rings. The summed E-state index contributed by atoms with van der Waals surface area (Å²) in [6, 6.07) is 8.76. The number of aryl methyl sites for hydroxylation is 1. The fourth-order valence-electron chi connectivity index (χ4n) is 1.61. The molecule has 0 saturated heterocycles. The highest BCUT2D eigenvalue weighted by Gasteiger charge is 2.15. The summed E-state index contributed by atoms with van der Waals surface area (Å²) in [6.45, 7) is 1.86. The van der Waals surface area contributed by atoms with E-state index >= 15 is 0 Å². The first-order valence-corrected chi connectivity index (χ1v) is 4.57. The van der Waals surface area contributed by atoms with Crippen LogP contribution in [0, 0.1) is 17.0 Å². The lowest BCUT2D eigenvalue weighted by atomic mass is 10.1. The van der Waals surface area contributed by atoms with Crippen molar-refractivity contribution >= 4 is 5.69 Å². The number of hydrogen-bond donors (Lipinski definition) is 0. The zero-order chi connectivity index (χ0) is 10.8. The molecule has 2 aromatic rings. The standard InChI is InChI=1S/C11H10N2O2/c1-9-5-4-6-10(13(14)15)11(9)12-7-2-3-8-12/h2-8H,1H3. The van der Waals surface area contributed by atoms with E-state index in [1.165, 1.54) is 6.07 Å². The zero-order valence-electron chi connectivity index (χ0n) is 8.25. The lowest BCUT2D eigenvalue weighted by molar-refractivity contribution is -0.384. The van der Waals surface area contributed by atoms with Crippen LogP contribution in [0.3, 0.4) is 0 Å². The minimum atomic E-state index is -0.359. The monoisotopic (exact) mass is 202 g/mol. The number of aromatic nitrogens is 1. The lowest BCUT2D eigenvalue weighted by Gasteiger charge is -2.07. The topological polar surface area (TPSA) is 48.1 Å². The molecule has 0 fully saturated rings. The van der Waals surface area contributed by atoms with Gasteiger partial charge in [0.2, 0.25) is 0 Å². The third-order valence-corrected chi connectivity index (χ3v) is 2.28. The predicted octanol–water partition coefficient (Wildman–Crippen LogP) is 2.69. The summed E-state index contributed by atoms with van der Waals surface area (Å²) in [5.41, 5.74) is 1.65. The molecule has 1 heterocycles. The summed E-state index contributed by atoms with van der Waals surface area (Å²) in [5.74, 6) is 0. The van der Waals surface area contributed by atoms with Gasteiger partial charge < -0.3 is 4.57 Å². The van der Waals surface area contributed by atoms with Crippen LogP contribution in [0.15, 0.2) is 42.7 Å². The second kappa shape index (κ2) is 3.57. The van der Waals surface area contributed by atoms with Gasteiger partial charge in [0.05, 0.1) is 4.92 Å². The molecule has 1 aromatic heterocycles. The van der Waals surface area contributed by atoms with Gasteiger partial charge in [-0.1, -0.05) is 12.1 Å². The highest BCUT2D eigenvalue weighted by molar-refractivity contribution is 5.57. The number of rotatable bonds is 2. The van der Waals surface area contributed by atoms with E-state index in [-0.39, 0.29) is 10.6 Å². The van der Waals surface area contributed by atoms with Gasteiger partial charge in [0.15, 0.2) is 0 Å². The molecule has 4 nitrogen and oxygen atoms in total. The molecule has 0 atom stereocenters. The van der Waals surface area contributed by atoms with Crippen LogP contribution in [-0.2, 0) is 0 Å². The van der Waals surface area contributed by atoms with E-state index < -0.39 is 0 Å². The van der Waals surface area contributed by atoms with Crippen LogP contribution in [0.2, 0.25) is 0 Å². The number of nitro benzene ring substituents is 1. The normalized spacial score (nSPS) is 10.2. The maximum Gasteiger partial charge on any atom is 0.293 e. The van der Waals surface area contributed by atoms with Crippen molar-refractivity contribution in [3.05, 3.63) is 58.4 Å². The molecule has 76 valence electrons. The average Bonchev–Trinajstić information content (AvgIpc) is 2.70. The summed E-state index contributed by atoms with van der Waals surface area (Å²) in [4.78, 5) is 10.5. The quantitative estimate of drug-likeness (QED) is 0.555. The van der Waals surface area contributed by atoms with E-state index in [1.54, 1.807) is 23.0 Å². The second-order valence-corrected chi connectivity index (χ2v) is 3.29. The lowest BCUT2D eigenvalue weighted by Crippen LogP contribution is -2.00. The van der Waals surface area contributed by atoms with E-state index in [0.717, 1.165) is 5.56 Å². The van der Waals surface area contributed by atoms with E-state index in [0.29, 0.717) is 5.69 Å². The Hall–Kier alpha value is -2.10. The van der Waals surface area contributed by atoms with Crippen molar-refractivity contribution in [2.75, 3.05) is 0 Å². The molecule has 0 spiro atoms. The van der Waals surface area contributed by atoms with Crippen molar-refractivity contribution in [3.63, 3.8) is 0 Å². The van der Waals surface area contributed by atoms with E-state index in [9.17, 15) is 10.1 Å². The molecule has 4 heteroatoms. The van der Waals surface area contributed by atoms with Crippen LogP contribution in [0.4, 0.5) is 5.69 Å². The van der Waals surface area contributed by atoms with Gasteiger partial charge in [0.25, 0.3) is 5.69 Å². The number of benzene rings is 1. The fourth-order valence-corrected chi connectivity index (χ4v) is 1.61. The van der Waals surface area contributed by atoms with Crippen LogP contribution in [0.1, 0.15) is 5.56 Å². The Kier molecular flexibility index (Phi) is 2.25. The van der Waals surface area contributed by atoms with Crippen LogP contribution >= 0.6 is 0 Å². The average molecular weight is 202 g/mol. The smallest absolute Gasteiger partial charge is 0.293 e. The SMILES string of the molecule is Cc1cccc([N+](=O)[O-])c1-n1cccc1. The van der Waals surface area contributed by atoms with E-state index in [1.807, 2.05) is 25.1 Å². The van der Waals surface area contributed by atoms with Gasteiger partial charge in [0, 0.05) is 18.5 Å². The Morgan fingerprint density at radius 2 is 1.87 bits per heavy atom. The number of nitrogens with zero attached hydrogens (tertiary/aromatic N) is 2. The van der Waals surface area contributed by atoms with Crippen molar-refractivity contribution in [2.45, 2.75) is 6.92 Å². The highest BCUT2D eigenvalue weighted by atomic mass is 16.6. The van der Waals surface area contributed by atoms with Crippen molar-refractivity contribution < 1.29 is 4.92 Å². The molecule has 15 heavy (non-hydrogen) atoms. The number of nitro groups is 1. The van der Waals surface area contributed by atoms with Gasteiger partial charge in [-0.2, -0.15) is 0 Å². The molecular weight excluding hydrogens is 192 g/mol. The molecule has 1 aromatic carbocycles. The molecule has 0 N–H and O–H groups in total. The summed E-state index contributed by atoms with van der Waals surface area (Å²) in [6.07, 6.45) is 3.60. The number of hydrogen-bond acceptors (Lipinski definition) is 2. The highest BCUT2D eigenvalue weighted by Crippen LogP contribution is 2.25. The first-order valence-electron chi connectivity index (χ1n) is 4.57. The maximum atomic E-state index is 10.9. The van der Waals surface area contributed by atoms with Crippen molar-refractivity contribution in [1.29, 1.82) is 0 Å². The molecule has 0 amide bonds. The minimum absolute atomic E-state index is 0.131. The summed E-state index contributed by atoms with van der Waals surface area (Å²) in [5, 5.41) is 10.9. The Morgan fingerprint density at radius 3 is 2.47 bits per heavy atom. The summed E-state index contributed by atoms with van der Waals surface area (Å²) in [7, 11) is 0. The van der Waals surface area contributed by atoms with Gasteiger partial charge >= 0.3 is 0 Å². The molecule has 0 saturated carbocycles. The zero-order valence-corrected chi connectivity index (χ0v) is 8.25. The van der Waals surface area contributed by atoms with Crippen molar-refractivity contribution in [2.24, 2.45) is 0 Å². The van der Waals surface area contributed by atoms with Crippen molar-refractivity contribution in [1.82, 2.24) is 4.57 Å². The van der Waals surface area contributed by atoms with Crippen molar-refractivity contribution in [3.8, 4) is 5.69 Å². The van der Waals surface area contributed by atoms with Crippen LogP contribution in [0.25, 0.3) is 5.69 Å². The van der Waals surface area contributed by atoms with Crippen LogP contribution in [-0.4, -0.2) is 9.49 Å². The Labute approximate surface area is 86.9 Å². The van der Waals surface area contributed by atoms with Gasteiger partial charge in [-0.15, -0.1) is 0 Å². The molecule has 0 radical (unpaired) electrons. The maximum absolute atomic E-state index is 10.9. The third-order valence-electron chi connectivity index (χ3n) is 2.28. The third kappa shape index (κ3) is 1.61. The molecular formula is C11H10N2O2. The van der Waals surface area contributed by atoms with E-state index in [2.05, 4.69) is 0 Å². The van der Waals surface area contributed by atoms with E-state index in [4.69, 9.17) is 0 Å². The molecule has 0 unspecified atom stereocenters. The van der Waals surface area contributed by atoms with Gasteiger partial charge in [-0.3, -0.25) is 10.1 Å². The Morgan fingerprint density at radius 1 is 1.20 bits per heavy atom. The summed E-state index contributed by atoms with van der Waals surface area (Å²) < 4.78 is 1.76. The Bertz CT molecular complexity index is 489. The first-order chi connectivity index (χ1) is 7.20. The van der Waals surface area contributed by atoms with Crippen LogP contribution in [0.5, 0.6) is 0 Å². The fraction of sp³-hybridized carbons (Fsp3) is 0.0909.